The van der Waals surface area contributed by atoms with Gasteiger partial charge >= 0.3 is 0 Å². The van der Waals surface area contributed by atoms with Crippen LogP contribution in [0.25, 0.3) is 0 Å². The molecule has 4 rings (SSSR count). The Bertz CT molecular complexity index is 1200. The van der Waals surface area contributed by atoms with Gasteiger partial charge < -0.3 is 9.64 Å². The number of pyridine rings is 1. The molecule has 0 radical (unpaired) electrons. The van der Waals surface area contributed by atoms with Crippen molar-refractivity contribution in [2.45, 2.75) is 49.2 Å². The molecule has 2 saturated heterocycles. The molecule has 3 heterocycles. The van der Waals surface area contributed by atoms with E-state index in [0.29, 0.717) is 19.4 Å². The fraction of sp³-hybridized carbons (Fsp3) is 0.440. The lowest BCUT2D eigenvalue weighted by Crippen LogP contribution is -2.55. The maximum atomic E-state index is 14.0. The predicted molar refractivity (Wildman–Crippen MR) is 134 cm³/mol. The van der Waals surface area contributed by atoms with Gasteiger partial charge in [0.25, 0.3) is 0 Å². The highest BCUT2D eigenvalue weighted by Crippen LogP contribution is 2.40. The number of fused-ring (bicyclic) bond motifs is 2. The van der Waals surface area contributed by atoms with Gasteiger partial charge in [-0.1, -0.05) is 35.2 Å². The van der Waals surface area contributed by atoms with Crippen LogP contribution in [0.2, 0.25) is 10.0 Å². The summed E-state index contributed by atoms with van der Waals surface area (Å²) < 4.78 is 35.0. The molecule has 2 fully saturated rings. The summed E-state index contributed by atoms with van der Waals surface area (Å²) in [4.78, 5) is 20.1. The molecule has 186 valence electrons. The Morgan fingerprint density at radius 1 is 1.23 bits per heavy atom. The molecule has 2 aromatic rings. The van der Waals surface area contributed by atoms with E-state index in [1.54, 1.807) is 11.1 Å². The number of sulfonamides is 1. The molecule has 4 atom stereocenters. The van der Waals surface area contributed by atoms with Crippen LogP contribution in [0.4, 0.5) is 0 Å². The number of halogens is 2. The van der Waals surface area contributed by atoms with Crippen molar-refractivity contribution < 1.29 is 17.9 Å². The molecule has 35 heavy (non-hydrogen) atoms. The zero-order valence-corrected chi connectivity index (χ0v) is 21.6. The minimum Gasteiger partial charge on any atom is -0.368 e. The van der Waals surface area contributed by atoms with E-state index >= 15 is 0 Å². The number of nitrogens with zero attached hydrogens (tertiary/aromatic N) is 3. The summed E-state index contributed by atoms with van der Waals surface area (Å²) in [7, 11) is -4.09. The van der Waals surface area contributed by atoms with Crippen LogP contribution in [0.5, 0.6) is 0 Å². The van der Waals surface area contributed by atoms with Crippen molar-refractivity contribution in [3.8, 4) is 12.3 Å². The highest BCUT2D eigenvalue weighted by atomic mass is 35.5. The van der Waals surface area contributed by atoms with Gasteiger partial charge in [0.15, 0.2) is 0 Å². The van der Waals surface area contributed by atoms with Crippen LogP contribution in [-0.2, 0) is 19.6 Å². The summed E-state index contributed by atoms with van der Waals surface area (Å²) >= 11 is 12.3. The molecule has 0 N–H and O–H groups in total. The summed E-state index contributed by atoms with van der Waals surface area (Å²) in [6.07, 6.45) is 8.80. The van der Waals surface area contributed by atoms with Crippen molar-refractivity contribution in [1.29, 1.82) is 0 Å². The lowest BCUT2D eigenvalue weighted by Gasteiger charge is -2.40. The van der Waals surface area contributed by atoms with Gasteiger partial charge in [-0.15, -0.1) is 6.42 Å². The molecular formula is C25H27Cl2N3O4S. The van der Waals surface area contributed by atoms with Gasteiger partial charge in [0.05, 0.1) is 23.2 Å². The summed E-state index contributed by atoms with van der Waals surface area (Å²) in [5, 5.41) is 0.420. The lowest BCUT2D eigenvalue weighted by molar-refractivity contribution is -0.137. The molecule has 0 aliphatic carbocycles. The van der Waals surface area contributed by atoms with Crippen LogP contribution >= 0.6 is 23.2 Å². The van der Waals surface area contributed by atoms with E-state index in [-0.39, 0.29) is 46.0 Å². The molecule has 10 heteroatoms. The third kappa shape index (κ3) is 5.35. The van der Waals surface area contributed by atoms with Gasteiger partial charge in [0.1, 0.15) is 12.6 Å². The van der Waals surface area contributed by atoms with E-state index in [4.69, 9.17) is 34.4 Å². The molecule has 2 bridgehead atoms. The third-order valence-corrected chi connectivity index (χ3v) is 9.02. The topological polar surface area (TPSA) is 79.8 Å². The average molecular weight is 536 g/mol. The number of terminal acetylenes is 1. The molecule has 1 aromatic carbocycles. The fourth-order valence-electron chi connectivity index (χ4n) is 5.05. The standard InChI is InChI=1S/C25H27Cl2N3O4S/c1-3-11-34-16-18-15-29(17(2)22-7-4-5-10-28-22)25(31)24-9-6-8-23(18)30(24)35(32,33)21-13-19(26)12-20(27)14-21/h1,4-5,7,10,12-14,17-18,23-24H,6,8-9,11,15-16H2,2H3/t17?,18-,23+,24-/m0/s1. The van der Waals surface area contributed by atoms with E-state index in [1.165, 1.54) is 22.5 Å². The number of ether oxygens (including phenoxy) is 1. The smallest absolute Gasteiger partial charge is 0.244 e. The quantitative estimate of drug-likeness (QED) is 0.392. The summed E-state index contributed by atoms with van der Waals surface area (Å²) in [6, 6.07) is 8.12. The van der Waals surface area contributed by atoms with E-state index in [2.05, 4.69) is 10.9 Å². The van der Waals surface area contributed by atoms with Gasteiger partial charge in [0, 0.05) is 34.7 Å². The number of amides is 1. The molecule has 1 amide bonds. The first-order valence-electron chi connectivity index (χ1n) is 11.5. The molecule has 0 saturated carbocycles. The molecule has 7 nitrogen and oxygen atoms in total. The van der Waals surface area contributed by atoms with Gasteiger partial charge in [-0.05, 0) is 56.5 Å². The lowest BCUT2D eigenvalue weighted by atomic mass is 9.91. The number of hydrogen-bond acceptors (Lipinski definition) is 5. The van der Waals surface area contributed by atoms with Crippen molar-refractivity contribution in [1.82, 2.24) is 14.2 Å². The summed E-state index contributed by atoms with van der Waals surface area (Å²) in [5.74, 6) is 1.92. The first-order chi connectivity index (χ1) is 16.7. The maximum absolute atomic E-state index is 14.0. The minimum atomic E-state index is -4.09. The number of aromatic nitrogens is 1. The Morgan fingerprint density at radius 3 is 2.63 bits per heavy atom. The predicted octanol–water partition coefficient (Wildman–Crippen LogP) is 4.17. The molecular weight excluding hydrogens is 509 g/mol. The Kier molecular flexibility index (Phi) is 8.04. The van der Waals surface area contributed by atoms with Crippen molar-refractivity contribution in [3.63, 3.8) is 0 Å². The number of carbonyl (C=O) groups excluding carboxylic acids is 1. The van der Waals surface area contributed by atoms with Crippen molar-refractivity contribution in [2.24, 2.45) is 5.92 Å². The first kappa shape index (κ1) is 25.9. The molecule has 0 spiro atoms. The second kappa shape index (κ2) is 10.9. The van der Waals surface area contributed by atoms with Crippen LogP contribution in [0, 0.1) is 18.3 Å². The number of hydrogen-bond donors (Lipinski definition) is 0. The van der Waals surface area contributed by atoms with Crippen LogP contribution < -0.4 is 0 Å². The minimum absolute atomic E-state index is 0.0331. The SMILES string of the molecule is C#CCOC[C@@H]1CN(C(C)c2ccccn2)C(=O)[C@@H]2CCC[C@H]1N2S(=O)(=O)c1cc(Cl)cc(Cl)c1. The Hall–Kier alpha value is -2.15. The van der Waals surface area contributed by atoms with Crippen LogP contribution in [0.15, 0.2) is 47.5 Å². The molecule has 2 aliphatic rings. The largest absolute Gasteiger partial charge is 0.368 e. The Labute approximate surface area is 216 Å². The highest BCUT2D eigenvalue weighted by Gasteiger charge is 2.51. The zero-order chi connectivity index (χ0) is 25.2. The number of carbonyl (C=O) groups is 1. The van der Waals surface area contributed by atoms with Crippen LogP contribution in [0.3, 0.4) is 0 Å². The second-order valence-corrected chi connectivity index (χ2v) is 11.6. The van der Waals surface area contributed by atoms with E-state index in [1.807, 2.05) is 25.1 Å². The van der Waals surface area contributed by atoms with Gasteiger partial charge in [0.2, 0.25) is 15.9 Å². The third-order valence-electron chi connectivity index (χ3n) is 6.67. The highest BCUT2D eigenvalue weighted by molar-refractivity contribution is 7.89. The molecule has 1 aromatic heterocycles. The van der Waals surface area contributed by atoms with Gasteiger partial charge in [-0.3, -0.25) is 9.78 Å². The van der Waals surface area contributed by atoms with E-state index < -0.39 is 22.1 Å². The number of benzene rings is 1. The van der Waals surface area contributed by atoms with Gasteiger partial charge in [-0.25, -0.2) is 8.42 Å². The second-order valence-electron chi connectivity index (χ2n) is 8.85. The maximum Gasteiger partial charge on any atom is 0.244 e. The zero-order valence-electron chi connectivity index (χ0n) is 19.3. The van der Waals surface area contributed by atoms with Crippen molar-refractivity contribution >= 4 is 39.1 Å². The van der Waals surface area contributed by atoms with Crippen LogP contribution in [-0.4, -0.2) is 60.4 Å². The Balaban J connectivity index is 1.79. The summed E-state index contributed by atoms with van der Waals surface area (Å²) in [6.45, 7) is 2.56. The average Bonchev–Trinajstić information content (AvgIpc) is 2.91. The van der Waals surface area contributed by atoms with E-state index in [0.717, 1.165) is 12.1 Å². The number of rotatable bonds is 7. The van der Waals surface area contributed by atoms with Crippen molar-refractivity contribution in [3.05, 3.63) is 58.3 Å². The number of piperidine rings is 1. The molecule has 2 aliphatic heterocycles. The van der Waals surface area contributed by atoms with E-state index in [9.17, 15) is 13.2 Å². The van der Waals surface area contributed by atoms with Gasteiger partial charge in [-0.2, -0.15) is 4.31 Å². The Morgan fingerprint density at radius 2 is 1.97 bits per heavy atom. The fourth-order valence-corrected chi connectivity index (χ4v) is 7.66. The van der Waals surface area contributed by atoms with Crippen LogP contribution in [0.1, 0.15) is 37.9 Å². The molecule has 1 unspecified atom stereocenters. The monoisotopic (exact) mass is 535 g/mol. The first-order valence-corrected chi connectivity index (χ1v) is 13.7. The van der Waals surface area contributed by atoms with Crippen molar-refractivity contribution in [2.75, 3.05) is 19.8 Å². The normalized spacial score (nSPS) is 24.0. The summed E-state index contributed by atoms with van der Waals surface area (Å²) in [5.41, 5.74) is 0.733.